The lowest BCUT2D eigenvalue weighted by Crippen LogP contribution is -2.26. The maximum atomic E-state index is 12.8. The number of carbonyl (C=O) groups excluding carboxylic acids is 1. The van der Waals surface area contributed by atoms with Crippen LogP contribution < -0.4 is 11.4 Å². The Hall–Kier alpha value is -2.22. The molecule has 0 aliphatic heterocycles. The summed E-state index contributed by atoms with van der Waals surface area (Å²) in [7, 11) is 0. The Bertz CT molecular complexity index is 996. The van der Waals surface area contributed by atoms with Crippen molar-refractivity contribution in [2.75, 3.05) is 0 Å². The van der Waals surface area contributed by atoms with Crippen molar-refractivity contribution in [1.82, 2.24) is 19.2 Å². The van der Waals surface area contributed by atoms with Gasteiger partial charge in [0.2, 0.25) is 5.91 Å². The Morgan fingerprint density at radius 3 is 2.67 bits per heavy atom. The molecule has 0 bridgehead atoms. The number of carbonyl (C=O) groups is 1. The molecule has 0 unspecified atom stereocenters. The molecule has 8 heteroatoms. The van der Waals surface area contributed by atoms with Gasteiger partial charge in [0.05, 0.1) is 11.9 Å². The van der Waals surface area contributed by atoms with E-state index in [0.717, 1.165) is 16.6 Å². The van der Waals surface area contributed by atoms with Gasteiger partial charge in [0.25, 0.3) is 0 Å². The van der Waals surface area contributed by atoms with E-state index in [0.29, 0.717) is 11.5 Å². The monoisotopic (exact) mass is 347 g/mol. The number of amides is 1. The minimum absolute atomic E-state index is 0.0795. The molecule has 3 aromatic heterocycles. The topological polar surface area (TPSA) is 95.3 Å². The Morgan fingerprint density at radius 2 is 2.08 bits per heavy atom. The van der Waals surface area contributed by atoms with Crippen LogP contribution in [0.25, 0.3) is 15.9 Å². The standard InChI is InChI=1S/C16H21N5O2S/c1-5-10-9(4)24-15-12(10)14-19-20(7-6-11(17)22)16(23)21(14)13(18-15)8(2)3/h8H,5-7H2,1-4H3,(H2,17,22). The molecule has 1 amide bonds. The molecule has 0 atom stereocenters. The minimum Gasteiger partial charge on any atom is -0.370 e. The van der Waals surface area contributed by atoms with Gasteiger partial charge >= 0.3 is 5.69 Å². The maximum absolute atomic E-state index is 12.8. The van der Waals surface area contributed by atoms with Crippen LogP contribution in [0.1, 0.15) is 49.4 Å². The van der Waals surface area contributed by atoms with E-state index in [9.17, 15) is 9.59 Å². The Morgan fingerprint density at radius 1 is 1.38 bits per heavy atom. The summed E-state index contributed by atoms with van der Waals surface area (Å²) in [5.74, 6) is 0.319. The average molecular weight is 347 g/mol. The van der Waals surface area contributed by atoms with Crippen molar-refractivity contribution in [3.8, 4) is 0 Å². The molecule has 7 nitrogen and oxygen atoms in total. The Kier molecular flexibility index (Phi) is 4.16. The summed E-state index contributed by atoms with van der Waals surface area (Å²) < 4.78 is 2.90. The summed E-state index contributed by atoms with van der Waals surface area (Å²) in [4.78, 5) is 30.7. The highest BCUT2D eigenvalue weighted by atomic mass is 32.1. The van der Waals surface area contributed by atoms with E-state index in [4.69, 9.17) is 10.7 Å². The van der Waals surface area contributed by atoms with Crippen LogP contribution in [-0.4, -0.2) is 25.1 Å². The first kappa shape index (κ1) is 16.6. The molecular formula is C16H21N5O2S. The average Bonchev–Trinajstić information content (AvgIpc) is 3.00. The zero-order valence-corrected chi connectivity index (χ0v) is 15.1. The van der Waals surface area contributed by atoms with Gasteiger partial charge in [-0.3, -0.25) is 4.79 Å². The summed E-state index contributed by atoms with van der Waals surface area (Å²) in [5, 5.41) is 5.45. The lowest BCUT2D eigenvalue weighted by atomic mass is 10.1. The molecule has 0 aromatic carbocycles. The van der Waals surface area contributed by atoms with Crippen molar-refractivity contribution >= 4 is 33.1 Å². The predicted molar refractivity (Wildman–Crippen MR) is 94.6 cm³/mol. The highest BCUT2D eigenvalue weighted by Gasteiger charge is 2.21. The van der Waals surface area contributed by atoms with E-state index in [1.165, 1.54) is 15.1 Å². The summed E-state index contributed by atoms with van der Waals surface area (Å²) in [6.45, 7) is 8.34. The smallest absolute Gasteiger partial charge is 0.351 e. The molecule has 3 heterocycles. The van der Waals surface area contributed by atoms with Crippen molar-refractivity contribution in [3.63, 3.8) is 0 Å². The van der Waals surface area contributed by atoms with E-state index in [-0.39, 0.29) is 24.6 Å². The van der Waals surface area contributed by atoms with Crippen molar-refractivity contribution in [2.24, 2.45) is 5.73 Å². The lowest BCUT2D eigenvalue weighted by molar-refractivity contribution is -0.118. The van der Waals surface area contributed by atoms with Gasteiger partial charge in [-0.25, -0.2) is 18.9 Å². The first-order valence-electron chi connectivity index (χ1n) is 8.04. The quantitative estimate of drug-likeness (QED) is 0.763. The summed E-state index contributed by atoms with van der Waals surface area (Å²) in [6.07, 6.45) is 0.938. The van der Waals surface area contributed by atoms with Gasteiger partial charge in [-0.1, -0.05) is 20.8 Å². The molecule has 2 N–H and O–H groups in total. The van der Waals surface area contributed by atoms with Crippen LogP contribution in [0, 0.1) is 6.92 Å². The number of primary amides is 1. The predicted octanol–water partition coefficient (Wildman–Crippen LogP) is 1.98. The molecule has 0 spiro atoms. The Balaban J connectivity index is 2.39. The molecule has 128 valence electrons. The van der Waals surface area contributed by atoms with Gasteiger partial charge < -0.3 is 5.73 Å². The van der Waals surface area contributed by atoms with Gasteiger partial charge in [-0.2, -0.15) is 0 Å². The minimum atomic E-state index is -0.452. The number of aromatic nitrogens is 4. The maximum Gasteiger partial charge on any atom is 0.351 e. The van der Waals surface area contributed by atoms with Crippen LogP contribution in [0.4, 0.5) is 0 Å². The van der Waals surface area contributed by atoms with Crippen LogP contribution in [0.3, 0.4) is 0 Å². The summed E-state index contributed by atoms with van der Waals surface area (Å²) >= 11 is 1.63. The van der Waals surface area contributed by atoms with Crippen LogP contribution in [0.15, 0.2) is 4.79 Å². The van der Waals surface area contributed by atoms with Crippen molar-refractivity contribution in [3.05, 3.63) is 26.7 Å². The molecule has 0 saturated carbocycles. The first-order valence-corrected chi connectivity index (χ1v) is 8.86. The van der Waals surface area contributed by atoms with Crippen molar-refractivity contribution in [2.45, 2.75) is 53.0 Å². The van der Waals surface area contributed by atoms with Crippen LogP contribution in [0.2, 0.25) is 0 Å². The highest BCUT2D eigenvalue weighted by molar-refractivity contribution is 7.18. The third-order valence-electron chi connectivity index (χ3n) is 4.14. The fraction of sp³-hybridized carbons (Fsp3) is 0.500. The molecule has 0 aliphatic rings. The van der Waals surface area contributed by atoms with Crippen LogP contribution in [0.5, 0.6) is 0 Å². The molecule has 0 aliphatic carbocycles. The normalized spacial score (nSPS) is 11.9. The van der Waals surface area contributed by atoms with Gasteiger partial charge in [-0.15, -0.1) is 16.4 Å². The molecule has 3 rings (SSSR count). The molecule has 0 fully saturated rings. The molecule has 3 aromatic rings. The van der Waals surface area contributed by atoms with Gasteiger partial charge in [-0.05, 0) is 18.9 Å². The van der Waals surface area contributed by atoms with E-state index in [2.05, 4.69) is 18.9 Å². The van der Waals surface area contributed by atoms with Crippen LogP contribution >= 0.6 is 11.3 Å². The van der Waals surface area contributed by atoms with Gasteiger partial charge in [0.15, 0.2) is 5.65 Å². The van der Waals surface area contributed by atoms with E-state index in [1.54, 1.807) is 15.7 Å². The molecule has 24 heavy (non-hydrogen) atoms. The highest BCUT2D eigenvalue weighted by Crippen LogP contribution is 2.33. The first-order chi connectivity index (χ1) is 11.3. The van der Waals surface area contributed by atoms with E-state index in [1.807, 2.05) is 13.8 Å². The summed E-state index contributed by atoms with van der Waals surface area (Å²) in [5.41, 5.74) is 6.73. The Labute approximate surface area is 143 Å². The lowest BCUT2D eigenvalue weighted by Gasteiger charge is -2.07. The zero-order chi connectivity index (χ0) is 17.6. The van der Waals surface area contributed by atoms with Gasteiger partial charge in [0.1, 0.15) is 10.7 Å². The van der Waals surface area contributed by atoms with E-state index >= 15 is 0 Å². The number of rotatable bonds is 5. The number of thiophene rings is 1. The molecule has 0 radical (unpaired) electrons. The van der Waals surface area contributed by atoms with Crippen LogP contribution in [-0.2, 0) is 17.8 Å². The second-order valence-corrected chi connectivity index (χ2v) is 7.38. The largest absolute Gasteiger partial charge is 0.370 e. The fourth-order valence-corrected chi connectivity index (χ4v) is 4.09. The number of hydrogen-bond acceptors (Lipinski definition) is 5. The number of nitrogens with two attached hydrogens (primary N) is 1. The third-order valence-corrected chi connectivity index (χ3v) is 5.18. The van der Waals surface area contributed by atoms with Crippen molar-refractivity contribution in [1.29, 1.82) is 0 Å². The number of nitrogens with zero attached hydrogens (tertiary/aromatic N) is 4. The van der Waals surface area contributed by atoms with Crippen molar-refractivity contribution < 1.29 is 4.79 Å². The molecule has 0 saturated heterocycles. The fourth-order valence-electron chi connectivity index (χ4n) is 2.98. The third kappa shape index (κ3) is 2.50. The second kappa shape index (κ2) is 6.01. The molecular weight excluding hydrogens is 326 g/mol. The number of aryl methyl sites for hydroxylation is 3. The zero-order valence-electron chi connectivity index (χ0n) is 14.3. The van der Waals surface area contributed by atoms with Gasteiger partial charge in [0, 0.05) is 17.2 Å². The SMILES string of the molecule is CCc1c(C)sc2nc(C(C)C)n3c(=O)n(CCC(N)=O)nc3c12. The number of fused-ring (bicyclic) bond motifs is 3. The number of hydrogen-bond donors (Lipinski definition) is 1. The second-order valence-electron chi connectivity index (χ2n) is 6.18. The van der Waals surface area contributed by atoms with E-state index < -0.39 is 5.91 Å². The summed E-state index contributed by atoms with van der Waals surface area (Å²) in [6, 6.07) is 0.